The third-order valence-electron chi connectivity index (χ3n) is 2.73. The molecule has 0 amide bonds. The SMILES string of the molecule is CCCNc1cccc(-c2ccccc2C)n1. The molecule has 2 heteroatoms. The van der Waals surface area contributed by atoms with Crippen LogP contribution in [-0.4, -0.2) is 11.5 Å². The van der Waals surface area contributed by atoms with Crippen molar-refractivity contribution in [1.82, 2.24) is 4.98 Å². The van der Waals surface area contributed by atoms with Crippen LogP contribution in [0.25, 0.3) is 11.3 Å². The van der Waals surface area contributed by atoms with Gasteiger partial charge in [0.25, 0.3) is 0 Å². The van der Waals surface area contributed by atoms with E-state index in [9.17, 15) is 0 Å². The molecule has 0 aliphatic heterocycles. The molecule has 0 saturated carbocycles. The highest BCUT2D eigenvalue weighted by Gasteiger charge is 2.02. The van der Waals surface area contributed by atoms with Gasteiger partial charge in [0.2, 0.25) is 0 Å². The lowest BCUT2D eigenvalue weighted by atomic mass is 10.1. The number of aromatic nitrogens is 1. The summed E-state index contributed by atoms with van der Waals surface area (Å²) < 4.78 is 0. The molecular weight excluding hydrogens is 208 g/mol. The largest absolute Gasteiger partial charge is 0.370 e. The Hall–Kier alpha value is -1.83. The lowest BCUT2D eigenvalue weighted by molar-refractivity contribution is 0.970. The third-order valence-corrected chi connectivity index (χ3v) is 2.73. The molecule has 88 valence electrons. The number of nitrogens with zero attached hydrogens (tertiary/aromatic N) is 1. The van der Waals surface area contributed by atoms with E-state index in [1.165, 1.54) is 11.1 Å². The molecule has 0 radical (unpaired) electrons. The number of hydrogen-bond acceptors (Lipinski definition) is 2. The Labute approximate surface area is 103 Å². The van der Waals surface area contributed by atoms with E-state index >= 15 is 0 Å². The first-order valence-electron chi connectivity index (χ1n) is 6.08. The Morgan fingerprint density at radius 1 is 1.06 bits per heavy atom. The fraction of sp³-hybridized carbons (Fsp3) is 0.267. The second-order valence-electron chi connectivity index (χ2n) is 4.15. The summed E-state index contributed by atoms with van der Waals surface area (Å²) in [6.45, 7) is 5.23. The Balaban J connectivity index is 2.30. The van der Waals surface area contributed by atoms with Crippen LogP contribution in [0.1, 0.15) is 18.9 Å². The summed E-state index contributed by atoms with van der Waals surface area (Å²) in [5.41, 5.74) is 3.49. The normalized spacial score (nSPS) is 10.2. The molecular formula is C15H18N2. The quantitative estimate of drug-likeness (QED) is 0.855. The summed E-state index contributed by atoms with van der Waals surface area (Å²) in [6, 6.07) is 14.4. The fourth-order valence-corrected chi connectivity index (χ4v) is 1.80. The molecule has 0 atom stereocenters. The van der Waals surface area contributed by atoms with Crippen LogP contribution in [0.4, 0.5) is 5.82 Å². The molecule has 0 aliphatic carbocycles. The van der Waals surface area contributed by atoms with E-state index in [2.05, 4.69) is 54.5 Å². The summed E-state index contributed by atoms with van der Waals surface area (Å²) in [7, 11) is 0. The Kier molecular flexibility index (Phi) is 3.76. The van der Waals surface area contributed by atoms with Crippen molar-refractivity contribution in [3.05, 3.63) is 48.0 Å². The van der Waals surface area contributed by atoms with Crippen LogP contribution in [0, 0.1) is 6.92 Å². The molecule has 0 spiro atoms. The Morgan fingerprint density at radius 2 is 1.88 bits per heavy atom. The molecule has 2 nitrogen and oxygen atoms in total. The van der Waals surface area contributed by atoms with E-state index < -0.39 is 0 Å². The molecule has 0 bridgehead atoms. The number of rotatable bonds is 4. The minimum absolute atomic E-state index is 0.951. The summed E-state index contributed by atoms with van der Waals surface area (Å²) in [4.78, 5) is 4.63. The third kappa shape index (κ3) is 2.84. The lowest BCUT2D eigenvalue weighted by Gasteiger charge is -2.08. The number of hydrogen-bond donors (Lipinski definition) is 1. The zero-order valence-corrected chi connectivity index (χ0v) is 10.4. The van der Waals surface area contributed by atoms with E-state index in [1.54, 1.807) is 0 Å². The van der Waals surface area contributed by atoms with Crippen molar-refractivity contribution in [2.24, 2.45) is 0 Å². The van der Waals surface area contributed by atoms with Gasteiger partial charge in [-0.3, -0.25) is 0 Å². The van der Waals surface area contributed by atoms with Gasteiger partial charge in [0.05, 0.1) is 5.69 Å². The maximum atomic E-state index is 4.63. The van der Waals surface area contributed by atoms with E-state index in [-0.39, 0.29) is 0 Å². The van der Waals surface area contributed by atoms with Gasteiger partial charge in [0.15, 0.2) is 0 Å². The van der Waals surface area contributed by atoms with Gasteiger partial charge < -0.3 is 5.32 Å². The van der Waals surface area contributed by atoms with Gasteiger partial charge in [-0.25, -0.2) is 4.98 Å². The molecule has 17 heavy (non-hydrogen) atoms. The molecule has 0 fully saturated rings. The molecule has 1 N–H and O–H groups in total. The van der Waals surface area contributed by atoms with Crippen LogP contribution >= 0.6 is 0 Å². The van der Waals surface area contributed by atoms with Gasteiger partial charge in [0.1, 0.15) is 5.82 Å². The van der Waals surface area contributed by atoms with Crippen molar-refractivity contribution in [3.63, 3.8) is 0 Å². The van der Waals surface area contributed by atoms with Gasteiger partial charge in [0, 0.05) is 12.1 Å². The fourth-order valence-electron chi connectivity index (χ4n) is 1.80. The number of benzene rings is 1. The standard InChI is InChI=1S/C15H18N2/c1-3-11-16-15-10-6-9-14(17-15)13-8-5-4-7-12(13)2/h4-10H,3,11H2,1-2H3,(H,16,17). The van der Waals surface area contributed by atoms with E-state index in [0.717, 1.165) is 24.5 Å². The maximum absolute atomic E-state index is 4.63. The smallest absolute Gasteiger partial charge is 0.126 e. The molecule has 0 saturated heterocycles. The van der Waals surface area contributed by atoms with Crippen LogP contribution in [-0.2, 0) is 0 Å². The van der Waals surface area contributed by atoms with Gasteiger partial charge in [-0.2, -0.15) is 0 Å². The minimum atomic E-state index is 0.951. The highest BCUT2D eigenvalue weighted by molar-refractivity contribution is 5.64. The molecule has 0 aliphatic rings. The highest BCUT2D eigenvalue weighted by atomic mass is 15.0. The molecule has 0 unspecified atom stereocenters. The summed E-state index contributed by atoms with van der Waals surface area (Å²) in [5, 5.41) is 3.31. The summed E-state index contributed by atoms with van der Waals surface area (Å²) in [5.74, 6) is 0.951. The highest BCUT2D eigenvalue weighted by Crippen LogP contribution is 2.22. The zero-order valence-electron chi connectivity index (χ0n) is 10.4. The average molecular weight is 226 g/mol. The van der Waals surface area contributed by atoms with Crippen molar-refractivity contribution in [3.8, 4) is 11.3 Å². The van der Waals surface area contributed by atoms with E-state index in [1.807, 2.05) is 12.1 Å². The zero-order chi connectivity index (χ0) is 12.1. The van der Waals surface area contributed by atoms with Crippen molar-refractivity contribution < 1.29 is 0 Å². The molecule has 1 aromatic heterocycles. The molecule has 1 aromatic carbocycles. The topological polar surface area (TPSA) is 24.9 Å². The van der Waals surface area contributed by atoms with E-state index in [0.29, 0.717) is 0 Å². The van der Waals surface area contributed by atoms with Crippen LogP contribution in [0.5, 0.6) is 0 Å². The second-order valence-corrected chi connectivity index (χ2v) is 4.15. The second kappa shape index (κ2) is 5.48. The van der Waals surface area contributed by atoms with Gasteiger partial charge >= 0.3 is 0 Å². The van der Waals surface area contributed by atoms with Gasteiger partial charge in [-0.05, 0) is 31.0 Å². The predicted molar refractivity (Wildman–Crippen MR) is 73.2 cm³/mol. The van der Waals surface area contributed by atoms with Crippen LogP contribution < -0.4 is 5.32 Å². The lowest BCUT2D eigenvalue weighted by Crippen LogP contribution is -2.02. The monoisotopic (exact) mass is 226 g/mol. The first-order chi connectivity index (χ1) is 8.31. The molecule has 2 aromatic rings. The summed E-state index contributed by atoms with van der Waals surface area (Å²) >= 11 is 0. The minimum Gasteiger partial charge on any atom is -0.370 e. The molecule has 2 rings (SSSR count). The van der Waals surface area contributed by atoms with Gasteiger partial charge in [-0.15, -0.1) is 0 Å². The van der Waals surface area contributed by atoms with Crippen LogP contribution in [0.3, 0.4) is 0 Å². The Bertz CT molecular complexity index is 492. The van der Waals surface area contributed by atoms with Crippen LogP contribution in [0.15, 0.2) is 42.5 Å². The van der Waals surface area contributed by atoms with Crippen LogP contribution in [0.2, 0.25) is 0 Å². The average Bonchev–Trinajstić information content (AvgIpc) is 2.37. The number of nitrogens with one attached hydrogen (secondary N) is 1. The molecule has 1 heterocycles. The maximum Gasteiger partial charge on any atom is 0.126 e. The first-order valence-corrected chi connectivity index (χ1v) is 6.08. The summed E-state index contributed by atoms with van der Waals surface area (Å²) in [6.07, 6.45) is 1.11. The van der Waals surface area contributed by atoms with Gasteiger partial charge in [-0.1, -0.05) is 37.3 Å². The van der Waals surface area contributed by atoms with Crippen molar-refractivity contribution in [2.45, 2.75) is 20.3 Å². The van der Waals surface area contributed by atoms with Crippen molar-refractivity contribution >= 4 is 5.82 Å². The van der Waals surface area contributed by atoms with Crippen molar-refractivity contribution in [1.29, 1.82) is 0 Å². The Morgan fingerprint density at radius 3 is 2.65 bits per heavy atom. The first kappa shape index (κ1) is 11.6. The van der Waals surface area contributed by atoms with E-state index in [4.69, 9.17) is 0 Å². The number of aryl methyl sites for hydroxylation is 1. The number of pyridine rings is 1. The number of anilines is 1. The van der Waals surface area contributed by atoms with Crippen molar-refractivity contribution in [2.75, 3.05) is 11.9 Å². The predicted octanol–water partition coefficient (Wildman–Crippen LogP) is 3.88.